The lowest BCUT2D eigenvalue weighted by Crippen LogP contribution is -2.25. The Kier molecular flexibility index (Phi) is 8.20. The molecular formula is C20H26N4O5S2. The molecule has 9 nitrogen and oxygen atoms in total. The number of sulfonamides is 1. The summed E-state index contributed by atoms with van der Waals surface area (Å²) < 4.78 is 41.8. The van der Waals surface area contributed by atoms with E-state index in [9.17, 15) is 8.42 Å². The lowest BCUT2D eigenvalue weighted by molar-refractivity contribution is 0.324. The summed E-state index contributed by atoms with van der Waals surface area (Å²) in [5, 5.41) is 7.28. The lowest BCUT2D eigenvalue weighted by Gasteiger charge is -2.15. The van der Waals surface area contributed by atoms with Gasteiger partial charge in [-0.05, 0) is 49.0 Å². The van der Waals surface area contributed by atoms with Crippen molar-refractivity contribution >= 4 is 39.3 Å². The first-order valence-corrected chi connectivity index (χ1v) is 10.9. The molecule has 11 heteroatoms. The first-order valence-electron chi connectivity index (χ1n) is 9.07. The van der Waals surface area contributed by atoms with Crippen molar-refractivity contribution in [1.82, 2.24) is 9.73 Å². The van der Waals surface area contributed by atoms with Crippen LogP contribution >= 0.6 is 12.2 Å². The van der Waals surface area contributed by atoms with Gasteiger partial charge in [-0.2, -0.15) is 5.10 Å². The Bertz CT molecular complexity index is 1060. The quantitative estimate of drug-likeness (QED) is 0.348. The Morgan fingerprint density at radius 3 is 2.19 bits per heavy atom. The zero-order valence-electron chi connectivity index (χ0n) is 18.2. The summed E-state index contributed by atoms with van der Waals surface area (Å²) in [4.78, 5) is 0.161. The highest BCUT2D eigenvalue weighted by Crippen LogP contribution is 2.37. The summed E-state index contributed by atoms with van der Waals surface area (Å²) in [7, 11) is 3.99. The third-order valence-electron chi connectivity index (χ3n) is 4.30. The molecule has 2 rings (SSSR count). The number of ether oxygens (including phenoxy) is 3. The normalized spacial score (nSPS) is 11.5. The van der Waals surface area contributed by atoms with E-state index in [2.05, 4.69) is 15.8 Å². The highest BCUT2D eigenvalue weighted by atomic mass is 32.2. The monoisotopic (exact) mass is 466 g/mol. The van der Waals surface area contributed by atoms with E-state index in [1.165, 1.54) is 47.7 Å². The summed E-state index contributed by atoms with van der Waals surface area (Å²) >= 11 is 5.27. The first kappa shape index (κ1) is 24.4. The fourth-order valence-electron chi connectivity index (χ4n) is 2.60. The maximum atomic E-state index is 12.4. The van der Waals surface area contributed by atoms with Gasteiger partial charge < -0.3 is 19.5 Å². The largest absolute Gasteiger partial charge is 0.493 e. The molecular weight excluding hydrogens is 440 g/mol. The van der Waals surface area contributed by atoms with Crippen LogP contribution in [-0.4, -0.2) is 59.5 Å². The molecule has 0 saturated carbocycles. The minimum atomic E-state index is -3.56. The zero-order valence-corrected chi connectivity index (χ0v) is 19.8. The number of rotatable bonds is 8. The second kappa shape index (κ2) is 10.4. The van der Waals surface area contributed by atoms with Gasteiger partial charge >= 0.3 is 0 Å². The number of hydrogen-bond donors (Lipinski definition) is 2. The van der Waals surface area contributed by atoms with Crippen LogP contribution in [0, 0.1) is 6.92 Å². The number of anilines is 1. The fourth-order valence-corrected chi connectivity index (χ4v) is 3.69. The van der Waals surface area contributed by atoms with E-state index in [4.69, 9.17) is 26.4 Å². The molecule has 0 bridgehead atoms. The molecule has 2 aromatic rings. The summed E-state index contributed by atoms with van der Waals surface area (Å²) in [5.41, 5.74) is 4.79. The van der Waals surface area contributed by atoms with Crippen LogP contribution in [0.3, 0.4) is 0 Å². The third kappa shape index (κ3) is 5.84. The van der Waals surface area contributed by atoms with Crippen LogP contribution in [0.1, 0.15) is 11.1 Å². The van der Waals surface area contributed by atoms with Gasteiger partial charge in [-0.15, -0.1) is 0 Å². The van der Waals surface area contributed by atoms with E-state index >= 15 is 0 Å². The molecule has 2 aromatic carbocycles. The number of benzene rings is 2. The summed E-state index contributed by atoms with van der Waals surface area (Å²) in [6.45, 7) is 1.84. The molecule has 2 N–H and O–H groups in total. The maximum absolute atomic E-state index is 12.4. The minimum absolute atomic E-state index is 0.161. The van der Waals surface area contributed by atoms with Crippen molar-refractivity contribution in [3.8, 4) is 17.2 Å². The average molecular weight is 467 g/mol. The molecule has 0 unspecified atom stereocenters. The first-order chi connectivity index (χ1) is 14.6. The Hall–Kier alpha value is -2.89. The van der Waals surface area contributed by atoms with Gasteiger partial charge in [0, 0.05) is 25.3 Å². The van der Waals surface area contributed by atoms with Crippen LogP contribution in [0.2, 0.25) is 0 Å². The van der Waals surface area contributed by atoms with E-state index in [1.807, 2.05) is 6.92 Å². The summed E-state index contributed by atoms with van der Waals surface area (Å²) in [6.07, 6.45) is 1.54. The molecule has 0 aliphatic rings. The minimum Gasteiger partial charge on any atom is -0.493 e. The van der Waals surface area contributed by atoms with Gasteiger partial charge in [0.2, 0.25) is 15.8 Å². The molecule has 31 heavy (non-hydrogen) atoms. The third-order valence-corrected chi connectivity index (χ3v) is 6.31. The van der Waals surface area contributed by atoms with Crippen LogP contribution < -0.4 is 25.0 Å². The van der Waals surface area contributed by atoms with Gasteiger partial charge in [0.1, 0.15) is 0 Å². The molecule has 0 atom stereocenters. The molecule has 0 spiro atoms. The number of hydrogen-bond acceptors (Lipinski definition) is 7. The molecule has 0 amide bonds. The van der Waals surface area contributed by atoms with Gasteiger partial charge in [-0.25, -0.2) is 12.7 Å². The van der Waals surface area contributed by atoms with Crippen LogP contribution in [0.25, 0.3) is 0 Å². The molecule has 0 radical (unpaired) electrons. The Morgan fingerprint density at radius 2 is 1.68 bits per heavy atom. The van der Waals surface area contributed by atoms with E-state index in [-0.39, 0.29) is 10.0 Å². The van der Waals surface area contributed by atoms with Crippen molar-refractivity contribution in [1.29, 1.82) is 0 Å². The van der Waals surface area contributed by atoms with Crippen LogP contribution in [-0.2, 0) is 10.0 Å². The SMILES string of the molecule is COc1cc(/C=N\NC(=S)Nc2cc(S(=O)(=O)N(C)C)ccc2C)cc(OC)c1OC. The number of nitrogens with one attached hydrogen (secondary N) is 2. The van der Waals surface area contributed by atoms with E-state index in [0.29, 0.717) is 28.5 Å². The van der Waals surface area contributed by atoms with Crippen molar-refractivity contribution in [2.45, 2.75) is 11.8 Å². The van der Waals surface area contributed by atoms with Crippen molar-refractivity contribution in [2.24, 2.45) is 5.10 Å². The van der Waals surface area contributed by atoms with Crippen molar-refractivity contribution < 1.29 is 22.6 Å². The molecule has 0 heterocycles. The predicted molar refractivity (Wildman–Crippen MR) is 125 cm³/mol. The predicted octanol–water partition coefficient (Wildman–Crippen LogP) is 2.59. The molecule has 168 valence electrons. The van der Waals surface area contributed by atoms with Crippen LogP contribution in [0.15, 0.2) is 40.3 Å². The number of aryl methyl sites for hydroxylation is 1. The molecule has 0 fully saturated rings. The average Bonchev–Trinajstić information content (AvgIpc) is 2.74. The van der Waals surface area contributed by atoms with Gasteiger partial charge in [-0.1, -0.05) is 6.07 Å². The van der Waals surface area contributed by atoms with Crippen LogP contribution in [0.4, 0.5) is 5.69 Å². The second-order valence-electron chi connectivity index (χ2n) is 6.55. The summed E-state index contributed by atoms with van der Waals surface area (Å²) in [6, 6.07) is 8.27. The number of hydrazone groups is 1. The van der Waals surface area contributed by atoms with Crippen molar-refractivity contribution in [3.05, 3.63) is 41.5 Å². The molecule has 0 saturated heterocycles. The summed E-state index contributed by atoms with van der Waals surface area (Å²) in [5.74, 6) is 1.48. The van der Waals surface area contributed by atoms with Gasteiger partial charge in [-0.3, -0.25) is 5.43 Å². The van der Waals surface area contributed by atoms with Crippen molar-refractivity contribution in [2.75, 3.05) is 40.7 Å². The topological polar surface area (TPSA) is 101 Å². The van der Waals surface area contributed by atoms with Crippen molar-refractivity contribution in [3.63, 3.8) is 0 Å². The lowest BCUT2D eigenvalue weighted by atomic mass is 10.2. The van der Waals surface area contributed by atoms with Gasteiger partial charge in [0.15, 0.2) is 16.6 Å². The Morgan fingerprint density at radius 1 is 1.06 bits per heavy atom. The Balaban J connectivity index is 2.15. The highest BCUT2D eigenvalue weighted by Gasteiger charge is 2.18. The molecule has 0 aliphatic heterocycles. The van der Waals surface area contributed by atoms with Gasteiger partial charge in [0.25, 0.3) is 0 Å². The molecule has 0 aromatic heterocycles. The number of nitrogens with zero attached hydrogens (tertiary/aromatic N) is 2. The number of methoxy groups -OCH3 is 3. The fraction of sp³-hybridized carbons (Fsp3) is 0.300. The van der Waals surface area contributed by atoms with Crippen LogP contribution in [0.5, 0.6) is 17.2 Å². The maximum Gasteiger partial charge on any atom is 0.242 e. The van der Waals surface area contributed by atoms with E-state index < -0.39 is 10.0 Å². The van der Waals surface area contributed by atoms with Gasteiger partial charge in [0.05, 0.1) is 32.4 Å². The second-order valence-corrected chi connectivity index (χ2v) is 9.11. The highest BCUT2D eigenvalue weighted by molar-refractivity contribution is 7.89. The van der Waals surface area contributed by atoms with E-state index in [0.717, 1.165) is 9.87 Å². The zero-order chi connectivity index (χ0) is 23.2. The van der Waals surface area contributed by atoms with E-state index in [1.54, 1.807) is 24.3 Å². The standard InChI is InChI=1S/C20H26N4O5S2/c1-13-7-8-15(31(25,26)24(2)3)11-16(13)22-20(30)23-21-12-14-9-17(27-4)19(29-6)18(10-14)28-5/h7-12H,1-6H3,(H2,22,23,30)/b21-12-. The molecule has 0 aliphatic carbocycles. The smallest absolute Gasteiger partial charge is 0.242 e. The Labute approximate surface area is 188 Å². The number of thiocarbonyl (C=S) groups is 1.